The number of piperidine rings is 2. The van der Waals surface area contributed by atoms with Crippen molar-refractivity contribution in [1.29, 1.82) is 0 Å². The van der Waals surface area contributed by atoms with Gasteiger partial charge in [0.05, 0.1) is 28.6 Å². The highest BCUT2D eigenvalue weighted by Gasteiger charge is 2.33. The minimum Gasteiger partial charge on any atom is -0.386 e. The number of rotatable bonds is 11. The number of benzene rings is 2. The molecule has 0 bridgehead atoms. The Labute approximate surface area is 407 Å². The molecule has 0 spiro atoms. The van der Waals surface area contributed by atoms with Crippen molar-refractivity contribution in [2.24, 2.45) is 20.0 Å². The molecule has 4 aromatic heterocycles. The summed E-state index contributed by atoms with van der Waals surface area (Å²) >= 11 is 0. The first-order chi connectivity index (χ1) is 34.1. The third kappa shape index (κ3) is 9.21. The summed E-state index contributed by atoms with van der Waals surface area (Å²) in [4.78, 5) is 77.5. The summed E-state index contributed by atoms with van der Waals surface area (Å²) in [7, 11) is 5.13. The lowest BCUT2D eigenvalue weighted by Gasteiger charge is -2.42. The zero-order chi connectivity index (χ0) is 49.8. The highest BCUT2D eigenvalue weighted by atomic mass is 19.1. The van der Waals surface area contributed by atoms with Gasteiger partial charge in [-0.15, -0.1) is 0 Å². The second-order valence-corrected chi connectivity index (χ2v) is 19.6. The van der Waals surface area contributed by atoms with E-state index in [1.165, 1.54) is 27.3 Å². The molecule has 0 unspecified atom stereocenters. The van der Waals surface area contributed by atoms with Crippen LogP contribution >= 0.6 is 0 Å². The van der Waals surface area contributed by atoms with Crippen molar-refractivity contribution in [2.75, 3.05) is 64.7 Å². The highest BCUT2D eigenvalue weighted by molar-refractivity contribution is 6.00. The molecule has 0 saturated carbocycles. The molecule has 19 heteroatoms. The number of likely N-dealkylation sites (tertiary alicyclic amines) is 1. The number of imide groups is 1. The van der Waals surface area contributed by atoms with Gasteiger partial charge in [0.1, 0.15) is 23.3 Å². The molecule has 2 aromatic carbocycles. The Morgan fingerprint density at radius 2 is 1.61 bits per heavy atom. The van der Waals surface area contributed by atoms with Gasteiger partial charge in [0.15, 0.2) is 5.82 Å². The van der Waals surface area contributed by atoms with Crippen LogP contribution in [0.25, 0.3) is 33.3 Å². The maximum absolute atomic E-state index is 15.8. The number of anilines is 1. The first-order valence-electron chi connectivity index (χ1n) is 24.4. The van der Waals surface area contributed by atoms with E-state index in [4.69, 9.17) is 0 Å². The predicted molar refractivity (Wildman–Crippen MR) is 264 cm³/mol. The van der Waals surface area contributed by atoms with Gasteiger partial charge in [-0.3, -0.25) is 52.9 Å². The number of fused-ring (bicyclic) bond motifs is 2. The Balaban J connectivity index is 0.713. The number of aromatic nitrogens is 5. The summed E-state index contributed by atoms with van der Waals surface area (Å²) in [5, 5.41) is 5.73. The van der Waals surface area contributed by atoms with E-state index in [9.17, 15) is 28.4 Å². The molecule has 0 aliphatic carbocycles. The molecule has 8 heterocycles. The van der Waals surface area contributed by atoms with Gasteiger partial charge in [-0.2, -0.15) is 0 Å². The van der Waals surface area contributed by atoms with Crippen LogP contribution in [0.15, 0.2) is 76.6 Å². The molecular formula is C52H58F3N11O5. The minimum atomic E-state index is -0.757. The summed E-state index contributed by atoms with van der Waals surface area (Å²) in [6.07, 6.45) is 7.04. The average molecular weight is 974 g/mol. The summed E-state index contributed by atoms with van der Waals surface area (Å²) < 4.78 is 52.6. The number of pyridine rings is 2. The summed E-state index contributed by atoms with van der Waals surface area (Å²) in [6.45, 7) is 8.94. The number of carbonyl (C=O) groups is 3. The molecule has 4 aliphatic rings. The Morgan fingerprint density at radius 3 is 2.31 bits per heavy atom. The summed E-state index contributed by atoms with van der Waals surface area (Å²) in [5.41, 5.74) is 4.39. The second-order valence-electron chi connectivity index (χ2n) is 19.6. The third-order valence-corrected chi connectivity index (χ3v) is 15.2. The van der Waals surface area contributed by atoms with Crippen LogP contribution in [0.5, 0.6) is 0 Å². The standard InChI is InChI=1S/C52H58F3N11O5/c1-31-26-62(27-33-5-6-43-45(21-33)60(4)52(71)66(43)44-7-8-46(67)58-50(44)69)19-20-64(31)28-32-10-17-63(18-11-32)51(70)35-22-38(53)48(39(54)23-35)34-12-15-61(16-13-34)29-36-24-37-42(9-14-57-49(37)59(36)3)65-30-40(55)41(56-2)25-47(65)68/h5-6,9,12,14,21-25,30-32,44,56H,7-8,10-11,13,15-20,26-29H2,1-4H3,(H,58,67,69)/t31-,44-/m0/s1. The van der Waals surface area contributed by atoms with Crippen molar-refractivity contribution < 1.29 is 27.6 Å². The quantitative estimate of drug-likeness (QED) is 0.167. The molecule has 6 aromatic rings. The van der Waals surface area contributed by atoms with E-state index in [1.54, 1.807) is 35.8 Å². The summed E-state index contributed by atoms with van der Waals surface area (Å²) in [5.74, 6) is -2.84. The van der Waals surface area contributed by atoms with Gasteiger partial charge in [-0.25, -0.2) is 22.9 Å². The molecule has 4 aliphatic heterocycles. The second kappa shape index (κ2) is 19.4. The van der Waals surface area contributed by atoms with Gasteiger partial charge >= 0.3 is 5.69 Å². The molecule has 10 rings (SSSR count). The number of nitrogens with zero attached hydrogens (tertiary/aromatic N) is 9. The number of amides is 3. The monoisotopic (exact) mass is 973 g/mol. The smallest absolute Gasteiger partial charge is 0.329 e. The largest absolute Gasteiger partial charge is 0.386 e. The fraction of sp³-hybridized carbons (Fsp3) is 0.423. The van der Waals surface area contributed by atoms with Crippen LogP contribution in [-0.4, -0.2) is 126 Å². The van der Waals surface area contributed by atoms with E-state index < -0.39 is 29.4 Å². The van der Waals surface area contributed by atoms with Crippen LogP contribution in [0.4, 0.5) is 18.9 Å². The molecular weight excluding hydrogens is 916 g/mol. The molecule has 3 saturated heterocycles. The number of carbonyl (C=O) groups excluding carboxylic acids is 3. The van der Waals surface area contributed by atoms with E-state index in [0.717, 1.165) is 62.0 Å². The molecule has 3 fully saturated rings. The first kappa shape index (κ1) is 47.8. The zero-order valence-corrected chi connectivity index (χ0v) is 40.4. The van der Waals surface area contributed by atoms with Crippen LogP contribution in [0, 0.1) is 23.4 Å². The van der Waals surface area contributed by atoms with Gasteiger partial charge in [0.25, 0.3) is 11.5 Å². The minimum absolute atomic E-state index is 0.00460. The van der Waals surface area contributed by atoms with Crippen LogP contribution < -0.4 is 21.9 Å². The molecule has 372 valence electrons. The van der Waals surface area contributed by atoms with Crippen molar-refractivity contribution in [3.63, 3.8) is 0 Å². The van der Waals surface area contributed by atoms with Gasteiger partial charge in [0.2, 0.25) is 11.8 Å². The van der Waals surface area contributed by atoms with E-state index >= 15 is 8.78 Å². The number of piperazine rings is 1. The van der Waals surface area contributed by atoms with Crippen molar-refractivity contribution in [2.45, 2.75) is 64.2 Å². The lowest BCUT2D eigenvalue weighted by molar-refractivity contribution is -0.135. The molecule has 71 heavy (non-hydrogen) atoms. The maximum Gasteiger partial charge on any atom is 0.329 e. The van der Waals surface area contributed by atoms with Crippen LogP contribution in [0.1, 0.15) is 72.2 Å². The van der Waals surface area contributed by atoms with Crippen molar-refractivity contribution in [1.82, 2.24) is 48.2 Å². The molecule has 2 atom stereocenters. The molecule has 2 N–H and O–H groups in total. The van der Waals surface area contributed by atoms with Crippen LogP contribution in [0.2, 0.25) is 0 Å². The Morgan fingerprint density at radius 1 is 0.831 bits per heavy atom. The van der Waals surface area contributed by atoms with Crippen molar-refractivity contribution >= 4 is 51.0 Å². The fourth-order valence-corrected chi connectivity index (χ4v) is 11.1. The van der Waals surface area contributed by atoms with E-state index in [2.05, 4.69) is 37.2 Å². The van der Waals surface area contributed by atoms with Gasteiger partial charge in [-0.1, -0.05) is 12.1 Å². The number of nitrogens with one attached hydrogen (secondary N) is 2. The Hall–Kier alpha value is -6.83. The van der Waals surface area contributed by atoms with Gasteiger partial charge in [0, 0.05) is 134 Å². The van der Waals surface area contributed by atoms with E-state index in [1.807, 2.05) is 42.0 Å². The fourth-order valence-electron chi connectivity index (χ4n) is 11.1. The molecule has 0 radical (unpaired) electrons. The average Bonchev–Trinajstić information content (AvgIpc) is 3.80. The third-order valence-electron chi connectivity index (χ3n) is 15.2. The predicted octanol–water partition coefficient (Wildman–Crippen LogP) is 5.16. The SMILES string of the molecule is CNc1cc(=O)n(-c2ccnc3c2cc(CN2CC=C(c4c(F)cc(C(=O)N5CCC(CN6CCN(Cc7ccc8c(c7)n(C)c(=O)n8[C@H]7CCC(=O)NC7=O)C[C@@H]6C)CC5)cc4F)CC2)n3C)cc1F. The molecule has 16 nitrogen and oxygen atoms in total. The Kier molecular flexibility index (Phi) is 13.1. The van der Waals surface area contributed by atoms with Gasteiger partial charge < -0.3 is 14.8 Å². The van der Waals surface area contributed by atoms with Crippen molar-refractivity contribution in [3.8, 4) is 5.69 Å². The van der Waals surface area contributed by atoms with Crippen molar-refractivity contribution in [3.05, 3.63) is 128 Å². The topological polar surface area (TPSA) is 155 Å². The van der Waals surface area contributed by atoms with Gasteiger partial charge in [-0.05, 0) is 86.1 Å². The summed E-state index contributed by atoms with van der Waals surface area (Å²) in [6, 6.07) is 12.6. The normalized spacial score (nSPS) is 20.0. The first-order valence-corrected chi connectivity index (χ1v) is 24.4. The van der Waals surface area contributed by atoms with Crippen LogP contribution in [0.3, 0.4) is 0 Å². The highest BCUT2D eigenvalue weighted by Crippen LogP contribution is 2.32. The Bertz CT molecular complexity index is 3230. The number of aryl methyl sites for hydroxylation is 2. The van der Waals surface area contributed by atoms with E-state index in [0.29, 0.717) is 85.5 Å². The number of halogens is 3. The maximum atomic E-state index is 15.8. The molecule has 3 amide bonds. The number of imidazole rings is 1. The lowest BCUT2D eigenvalue weighted by atomic mass is 9.94. The van der Waals surface area contributed by atoms with Crippen LogP contribution in [-0.2, 0) is 36.8 Å². The van der Waals surface area contributed by atoms with E-state index in [-0.39, 0.29) is 52.7 Å². The zero-order valence-electron chi connectivity index (χ0n) is 40.4. The number of hydrogen-bond donors (Lipinski definition) is 2. The number of hydrogen-bond acceptors (Lipinski definition) is 10. The lowest BCUT2D eigenvalue weighted by Crippen LogP contribution is -2.53.